The van der Waals surface area contributed by atoms with Gasteiger partial charge in [-0.15, -0.1) is 0 Å². The fourth-order valence-electron chi connectivity index (χ4n) is 3.43. The van der Waals surface area contributed by atoms with E-state index in [1.165, 1.54) is 6.92 Å². The van der Waals surface area contributed by atoms with Gasteiger partial charge in [0.05, 0.1) is 29.5 Å². The Bertz CT molecular complexity index is 806. The molecule has 136 valence electrons. The van der Waals surface area contributed by atoms with Gasteiger partial charge in [-0.25, -0.2) is 4.79 Å². The number of rotatable bonds is 6. The third-order valence-electron chi connectivity index (χ3n) is 4.67. The van der Waals surface area contributed by atoms with E-state index in [1.807, 2.05) is 30.3 Å². The first kappa shape index (κ1) is 18.1. The van der Waals surface area contributed by atoms with Crippen molar-refractivity contribution in [2.24, 2.45) is 0 Å². The monoisotopic (exact) mass is 353 g/mol. The SMILES string of the molecule is CC(=O)NCc1cccc([C@@H]2CCCN2Cc2ccccc2C(=O)O)n1. The maximum atomic E-state index is 11.5. The summed E-state index contributed by atoms with van der Waals surface area (Å²) in [5.41, 5.74) is 2.97. The van der Waals surface area contributed by atoms with Crippen molar-refractivity contribution in [3.63, 3.8) is 0 Å². The number of benzene rings is 1. The minimum atomic E-state index is -0.897. The largest absolute Gasteiger partial charge is 0.478 e. The summed E-state index contributed by atoms with van der Waals surface area (Å²) >= 11 is 0. The van der Waals surface area contributed by atoms with E-state index in [0.717, 1.165) is 36.3 Å². The molecule has 1 atom stereocenters. The average molecular weight is 353 g/mol. The molecule has 6 heteroatoms. The molecule has 0 aliphatic carbocycles. The third kappa shape index (κ3) is 4.26. The van der Waals surface area contributed by atoms with E-state index in [9.17, 15) is 14.7 Å². The summed E-state index contributed by atoms with van der Waals surface area (Å²) in [6, 6.07) is 13.2. The van der Waals surface area contributed by atoms with Crippen LogP contribution >= 0.6 is 0 Å². The van der Waals surface area contributed by atoms with E-state index >= 15 is 0 Å². The van der Waals surface area contributed by atoms with Crippen molar-refractivity contribution in [2.75, 3.05) is 6.54 Å². The highest BCUT2D eigenvalue weighted by molar-refractivity contribution is 5.89. The van der Waals surface area contributed by atoms with Crippen LogP contribution in [0.4, 0.5) is 0 Å². The summed E-state index contributed by atoms with van der Waals surface area (Å²) in [5, 5.41) is 12.2. The van der Waals surface area contributed by atoms with Gasteiger partial charge in [0.1, 0.15) is 0 Å². The molecule has 0 radical (unpaired) electrons. The van der Waals surface area contributed by atoms with Crippen molar-refractivity contribution >= 4 is 11.9 Å². The second-order valence-corrected chi connectivity index (χ2v) is 6.55. The lowest BCUT2D eigenvalue weighted by Crippen LogP contribution is -2.25. The fourth-order valence-corrected chi connectivity index (χ4v) is 3.43. The van der Waals surface area contributed by atoms with Crippen LogP contribution < -0.4 is 5.32 Å². The van der Waals surface area contributed by atoms with Gasteiger partial charge in [-0.2, -0.15) is 0 Å². The number of pyridine rings is 1. The Morgan fingerprint density at radius 3 is 2.81 bits per heavy atom. The first-order valence-corrected chi connectivity index (χ1v) is 8.80. The normalized spacial score (nSPS) is 17.2. The summed E-state index contributed by atoms with van der Waals surface area (Å²) in [6.07, 6.45) is 2.04. The van der Waals surface area contributed by atoms with Gasteiger partial charge in [-0.3, -0.25) is 14.7 Å². The number of carbonyl (C=O) groups is 2. The molecule has 0 saturated carbocycles. The molecule has 0 unspecified atom stereocenters. The van der Waals surface area contributed by atoms with Gasteiger partial charge in [0.25, 0.3) is 0 Å². The molecule has 2 aromatic rings. The molecule has 0 spiro atoms. The highest BCUT2D eigenvalue weighted by Crippen LogP contribution is 2.32. The van der Waals surface area contributed by atoms with E-state index in [4.69, 9.17) is 4.98 Å². The van der Waals surface area contributed by atoms with Crippen LogP contribution in [0.25, 0.3) is 0 Å². The van der Waals surface area contributed by atoms with E-state index in [2.05, 4.69) is 10.2 Å². The Kier molecular flexibility index (Phi) is 5.63. The van der Waals surface area contributed by atoms with Gasteiger partial charge in [-0.1, -0.05) is 24.3 Å². The molecule has 1 aliphatic rings. The zero-order valence-corrected chi connectivity index (χ0v) is 14.8. The molecule has 1 fully saturated rings. The van der Waals surface area contributed by atoms with Gasteiger partial charge in [0.15, 0.2) is 0 Å². The van der Waals surface area contributed by atoms with Crippen LogP contribution in [0.3, 0.4) is 0 Å². The summed E-state index contributed by atoms with van der Waals surface area (Å²) in [6.45, 7) is 3.40. The molecule has 2 heterocycles. The lowest BCUT2D eigenvalue weighted by Gasteiger charge is -2.25. The van der Waals surface area contributed by atoms with Crippen molar-refractivity contribution in [1.82, 2.24) is 15.2 Å². The second kappa shape index (κ2) is 8.10. The Morgan fingerprint density at radius 1 is 1.23 bits per heavy atom. The van der Waals surface area contributed by atoms with Crippen LogP contribution in [0.5, 0.6) is 0 Å². The number of likely N-dealkylation sites (tertiary alicyclic amines) is 1. The summed E-state index contributed by atoms with van der Waals surface area (Å²) < 4.78 is 0. The Hall–Kier alpha value is -2.73. The molecular formula is C20H23N3O3. The maximum Gasteiger partial charge on any atom is 0.336 e. The lowest BCUT2D eigenvalue weighted by atomic mass is 10.1. The Labute approximate surface area is 152 Å². The van der Waals surface area contributed by atoms with E-state index in [-0.39, 0.29) is 11.9 Å². The fraction of sp³-hybridized carbons (Fsp3) is 0.350. The molecule has 1 amide bonds. The van der Waals surface area contributed by atoms with E-state index in [0.29, 0.717) is 18.7 Å². The number of aromatic nitrogens is 1. The predicted molar refractivity (Wildman–Crippen MR) is 97.5 cm³/mol. The first-order valence-electron chi connectivity index (χ1n) is 8.80. The van der Waals surface area contributed by atoms with Crippen LogP contribution in [-0.2, 0) is 17.9 Å². The molecule has 0 bridgehead atoms. The van der Waals surface area contributed by atoms with Gasteiger partial charge in [0, 0.05) is 13.5 Å². The molecule has 6 nitrogen and oxygen atoms in total. The van der Waals surface area contributed by atoms with Crippen LogP contribution in [0.15, 0.2) is 42.5 Å². The zero-order chi connectivity index (χ0) is 18.5. The number of hydrogen-bond donors (Lipinski definition) is 2. The summed E-state index contributed by atoms with van der Waals surface area (Å²) in [5.74, 6) is -0.975. The standard InChI is InChI=1S/C20H23N3O3/c1-14(24)21-12-16-7-4-9-18(22-16)19-10-5-11-23(19)13-15-6-2-3-8-17(15)20(25)26/h2-4,6-9,19H,5,10-13H2,1H3,(H,21,24)(H,25,26)/t19-/m0/s1. The van der Waals surface area contributed by atoms with Crippen molar-refractivity contribution in [1.29, 1.82) is 0 Å². The number of nitrogens with one attached hydrogen (secondary N) is 1. The summed E-state index contributed by atoms with van der Waals surface area (Å²) in [4.78, 5) is 29.5. The van der Waals surface area contributed by atoms with E-state index in [1.54, 1.807) is 12.1 Å². The van der Waals surface area contributed by atoms with Crippen molar-refractivity contribution in [3.8, 4) is 0 Å². The topological polar surface area (TPSA) is 82.5 Å². The average Bonchev–Trinajstić information content (AvgIpc) is 3.08. The number of carboxylic acids is 1. The van der Waals surface area contributed by atoms with Gasteiger partial charge in [-0.05, 0) is 43.1 Å². The van der Waals surface area contributed by atoms with E-state index < -0.39 is 5.97 Å². The molecule has 1 saturated heterocycles. The number of carboxylic acid groups (broad SMARTS) is 1. The quantitative estimate of drug-likeness (QED) is 0.834. The number of carbonyl (C=O) groups excluding carboxylic acids is 1. The van der Waals surface area contributed by atoms with Crippen LogP contribution in [0.1, 0.15) is 53.1 Å². The first-order chi connectivity index (χ1) is 12.5. The number of nitrogens with zero attached hydrogens (tertiary/aromatic N) is 2. The molecular weight excluding hydrogens is 330 g/mol. The van der Waals surface area contributed by atoms with Crippen molar-refractivity contribution in [2.45, 2.75) is 38.9 Å². The zero-order valence-electron chi connectivity index (χ0n) is 14.8. The molecule has 1 aliphatic heterocycles. The number of aromatic carboxylic acids is 1. The number of amides is 1. The van der Waals surface area contributed by atoms with Crippen LogP contribution in [0.2, 0.25) is 0 Å². The maximum absolute atomic E-state index is 11.5. The Morgan fingerprint density at radius 2 is 2.04 bits per heavy atom. The minimum absolute atomic E-state index is 0.0787. The predicted octanol–water partition coefficient (Wildman–Crippen LogP) is 2.75. The van der Waals surface area contributed by atoms with Crippen LogP contribution in [-0.4, -0.2) is 33.4 Å². The number of hydrogen-bond acceptors (Lipinski definition) is 4. The summed E-state index contributed by atoms with van der Waals surface area (Å²) in [7, 11) is 0. The highest BCUT2D eigenvalue weighted by Gasteiger charge is 2.28. The van der Waals surface area contributed by atoms with Gasteiger partial charge >= 0.3 is 5.97 Å². The third-order valence-corrected chi connectivity index (χ3v) is 4.67. The second-order valence-electron chi connectivity index (χ2n) is 6.55. The van der Waals surface area contributed by atoms with Crippen LogP contribution in [0, 0.1) is 0 Å². The van der Waals surface area contributed by atoms with Gasteiger partial charge < -0.3 is 10.4 Å². The molecule has 3 rings (SSSR count). The van der Waals surface area contributed by atoms with Crippen molar-refractivity contribution < 1.29 is 14.7 Å². The molecule has 26 heavy (non-hydrogen) atoms. The highest BCUT2D eigenvalue weighted by atomic mass is 16.4. The molecule has 1 aromatic heterocycles. The Balaban J connectivity index is 1.78. The van der Waals surface area contributed by atoms with Crippen molar-refractivity contribution in [3.05, 3.63) is 65.0 Å². The molecule has 2 N–H and O–H groups in total. The molecule has 1 aromatic carbocycles. The van der Waals surface area contributed by atoms with Gasteiger partial charge in [0.2, 0.25) is 5.91 Å². The lowest BCUT2D eigenvalue weighted by molar-refractivity contribution is -0.119. The smallest absolute Gasteiger partial charge is 0.336 e. The minimum Gasteiger partial charge on any atom is -0.478 e.